The highest BCUT2D eigenvalue weighted by Crippen LogP contribution is 2.20. The summed E-state index contributed by atoms with van der Waals surface area (Å²) < 4.78 is 0. The fraction of sp³-hybridized carbons (Fsp3) is 0.875. The van der Waals surface area contributed by atoms with Gasteiger partial charge in [0, 0.05) is 5.54 Å². The molecule has 0 spiro atoms. The number of hydrogen-bond acceptors (Lipinski definition) is 3. The lowest BCUT2D eigenvalue weighted by Crippen LogP contribution is -2.47. The van der Waals surface area contributed by atoms with Crippen molar-refractivity contribution in [2.24, 2.45) is 0 Å². The SMILES string of the molecule is CC1(C)NC(C=O)C(C)(C)N1. The summed E-state index contributed by atoms with van der Waals surface area (Å²) in [6.45, 7) is 8.10. The highest BCUT2D eigenvalue weighted by molar-refractivity contribution is 5.61. The van der Waals surface area contributed by atoms with E-state index in [-0.39, 0.29) is 17.2 Å². The van der Waals surface area contributed by atoms with Crippen LogP contribution >= 0.6 is 0 Å². The molecule has 1 aliphatic rings. The lowest BCUT2D eigenvalue weighted by Gasteiger charge is -2.24. The third kappa shape index (κ3) is 1.60. The Hall–Kier alpha value is -0.410. The number of nitrogens with one attached hydrogen (secondary N) is 2. The van der Waals surface area contributed by atoms with E-state index in [0.29, 0.717) is 0 Å². The number of carbonyl (C=O) groups excluding carboxylic acids is 1. The molecule has 3 nitrogen and oxygen atoms in total. The van der Waals surface area contributed by atoms with Gasteiger partial charge in [0.1, 0.15) is 6.29 Å². The van der Waals surface area contributed by atoms with Crippen LogP contribution in [0.2, 0.25) is 0 Å². The Balaban J connectivity index is 2.79. The second-order valence-corrected chi connectivity index (χ2v) is 4.23. The minimum atomic E-state index is -0.134. The molecule has 1 saturated heterocycles. The molecule has 64 valence electrons. The van der Waals surface area contributed by atoms with E-state index >= 15 is 0 Å². The van der Waals surface area contributed by atoms with Gasteiger partial charge in [0.15, 0.2) is 0 Å². The molecule has 1 rings (SSSR count). The van der Waals surface area contributed by atoms with E-state index in [9.17, 15) is 4.79 Å². The molecular formula is C8H16N2O. The van der Waals surface area contributed by atoms with Crippen LogP contribution in [0.15, 0.2) is 0 Å². The summed E-state index contributed by atoms with van der Waals surface area (Å²) in [6, 6.07) is -0.0856. The van der Waals surface area contributed by atoms with Gasteiger partial charge in [0.05, 0.1) is 11.7 Å². The molecule has 0 aromatic carbocycles. The first-order valence-corrected chi connectivity index (χ1v) is 3.90. The Morgan fingerprint density at radius 1 is 1.27 bits per heavy atom. The Bertz CT molecular complexity index is 175. The molecule has 0 amide bonds. The summed E-state index contributed by atoms with van der Waals surface area (Å²) in [7, 11) is 0. The second-order valence-electron chi connectivity index (χ2n) is 4.23. The van der Waals surface area contributed by atoms with Crippen molar-refractivity contribution in [1.82, 2.24) is 10.6 Å². The minimum absolute atomic E-state index is 0.0856. The van der Waals surface area contributed by atoms with Crippen LogP contribution in [-0.4, -0.2) is 23.5 Å². The lowest BCUT2D eigenvalue weighted by molar-refractivity contribution is -0.110. The highest BCUT2D eigenvalue weighted by Gasteiger charge is 2.43. The van der Waals surface area contributed by atoms with E-state index in [0.717, 1.165) is 6.29 Å². The first kappa shape index (κ1) is 8.68. The maximum absolute atomic E-state index is 10.6. The molecule has 2 N–H and O–H groups in total. The molecule has 0 bridgehead atoms. The van der Waals surface area contributed by atoms with Crippen molar-refractivity contribution in [3.05, 3.63) is 0 Å². The van der Waals surface area contributed by atoms with Crippen molar-refractivity contribution in [2.45, 2.75) is 44.9 Å². The van der Waals surface area contributed by atoms with Gasteiger partial charge in [-0.2, -0.15) is 0 Å². The zero-order valence-electron chi connectivity index (χ0n) is 7.56. The van der Waals surface area contributed by atoms with Crippen LogP contribution < -0.4 is 10.6 Å². The van der Waals surface area contributed by atoms with E-state index in [4.69, 9.17) is 0 Å². The molecule has 3 heteroatoms. The second kappa shape index (κ2) is 2.29. The molecule has 1 unspecified atom stereocenters. The summed E-state index contributed by atoms with van der Waals surface area (Å²) in [5, 5.41) is 6.52. The Morgan fingerprint density at radius 3 is 2.00 bits per heavy atom. The van der Waals surface area contributed by atoms with E-state index in [1.165, 1.54) is 0 Å². The third-order valence-electron chi connectivity index (χ3n) is 2.06. The van der Waals surface area contributed by atoms with Crippen molar-refractivity contribution < 1.29 is 4.79 Å². The Labute approximate surface area is 67.5 Å². The number of aldehydes is 1. The first-order chi connectivity index (χ1) is 4.87. The average Bonchev–Trinajstić information content (AvgIpc) is 1.99. The van der Waals surface area contributed by atoms with Gasteiger partial charge in [-0.05, 0) is 27.7 Å². The van der Waals surface area contributed by atoms with Crippen molar-refractivity contribution >= 4 is 6.29 Å². The summed E-state index contributed by atoms with van der Waals surface area (Å²) in [5.74, 6) is 0. The van der Waals surface area contributed by atoms with Gasteiger partial charge >= 0.3 is 0 Å². The third-order valence-corrected chi connectivity index (χ3v) is 2.06. The maximum Gasteiger partial charge on any atom is 0.138 e. The molecule has 11 heavy (non-hydrogen) atoms. The predicted molar refractivity (Wildman–Crippen MR) is 44.3 cm³/mol. The van der Waals surface area contributed by atoms with Gasteiger partial charge in [-0.15, -0.1) is 0 Å². The number of rotatable bonds is 1. The van der Waals surface area contributed by atoms with Gasteiger partial charge in [-0.25, -0.2) is 0 Å². The van der Waals surface area contributed by atoms with Crippen LogP contribution in [0.4, 0.5) is 0 Å². The van der Waals surface area contributed by atoms with E-state index < -0.39 is 0 Å². The highest BCUT2D eigenvalue weighted by atomic mass is 16.1. The maximum atomic E-state index is 10.6. The molecule has 0 aliphatic carbocycles. The van der Waals surface area contributed by atoms with Crippen molar-refractivity contribution in [3.63, 3.8) is 0 Å². The fourth-order valence-electron chi connectivity index (χ4n) is 1.69. The van der Waals surface area contributed by atoms with Crippen molar-refractivity contribution in [3.8, 4) is 0 Å². The zero-order valence-corrected chi connectivity index (χ0v) is 7.56. The van der Waals surface area contributed by atoms with Gasteiger partial charge in [0.25, 0.3) is 0 Å². The van der Waals surface area contributed by atoms with Crippen LogP contribution in [0, 0.1) is 0 Å². The molecule has 1 atom stereocenters. The van der Waals surface area contributed by atoms with E-state index in [2.05, 4.69) is 10.6 Å². The quantitative estimate of drug-likeness (QED) is 0.535. The number of hydrogen-bond donors (Lipinski definition) is 2. The summed E-state index contributed by atoms with van der Waals surface area (Å²) in [4.78, 5) is 10.6. The van der Waals surface area contributed by atoms with Gasteiger partial charge in [-0.3, -0.25) is 10.6 Å². The molecular weight excluding hydrogens is 140 g/mol. The largest absolute Gasteiger partial charge is 0.302 e. The average molecular weight is 156 g/mol. The van der Waals surface area contributed by atoms with Crippen LogP contribution in [0.3, 0.4) is 0 Å². The molecule has 0 aromatic rings. The molecule has 0 radical (unpaired) electrons. The molecule has 1 heterocycles. The van der Waals surface area contributed by atoms with Crippen LogP contribution in [-0.2, 0) is 4.79 Å². The van der Waals surface area contributed by atoms with Gasteiger partial charge in [-0.1, -0.05) is 0 Å². The topological polar surface area (TPSA) is 41.1 Å². The zero-order chi connectivity index (χ0) is 8.70. The van der Waals surface area contributed by atoms with Crippen LogP contribution in [0.1, 0.15) is 27.7 Å². The fourth-order valence-corrected chi connectivity index (χ4v) is 1.69. The standard InChI is InChI=1S/C8H16N2O/c1-7(2)6(5-11)9-8(3,4)10-7/h5-6,9-10H,1-4H3. The van der Waals surface area contributed by atoms with E-state index in [1.807, 2.05) is 27.7 Å². The summed E-state index contributed by atoms with van der Waals surface area (Å²) in [5.41, 5.74) is -0.264. The minimum Gasteiger partial charge on any atom is -0.302 e. The molecule has 1 aliphatic heterocycles. The Kier molecular flexibility index (Phi) is 1.81. The molecule has 0 saturated carbocycles. The monoisotopic (exact) mass is 156 g/mol. The van der Waals surface area contributed by atoms with Crippen molar-refractivity contribution in [2.75, 3.05) is 0 Å². The number of carbonyl (C=O) groups is 1. The Morgan fingerprint density at radius 2 is 1.82 bits per heavy atom. The van der Waals surface area contributed by atoms with Crippen LogP contribution in [0.5, 0.6) is 0 Å². The van der Waals surface area contributed by atoms with Gasteiger partial charge < -0.3 is 4.79 Å². The summed E-state index contributed by atoms with van der Waals surface area (Å²) >= 11 is 0. The van der Waals surface area contributed by atoms with Crippen molar-refractivity contribution in [1.29, 1.82) is 0 Å². The smallest absolute Gasteiger partial charge is 0.138 e. The molecule has 1 fully saturated rings. The van der Waals surface area contributed by atoms with E-state index in [1.54, 1.807) is 0 Å². The predicted octanol–water partition coefficient (Wildman–Crippen LogP) is 0.261. The lowest BCUT2D eigenvalue weighted by atomic mass is 9.98. The first-order valence-electron chi connectivity index (χ1n) is 3.90. The normalized spacial score (nSPS) is 33.6. The van der Waals surface area contributed by atoms with Crippen LogP contribution in [0.25, 0.3) is 0 Å². The van der Waals surface area contributed by atoms with Gasteiger partial charge in [0.2, 0.25) is 0 Å². The molecule has 0 aromatic heterocycles. The summed E-state index contributed by atoms with van der Waals surface area (Å²) in [6.07, 6.45) is 0.960.